The average molecular weight is 400 g/mol. The molecule has 0 radical (unpaired) electrons. The molecule has 1 fully saturated rings. The van der Waals surface area contributed by atoms with E-state index in [2.05, 4.69) is 81.0 Å². The highest BCUT2D eigenvalue weighted by Gasteiger charge is 2.35. The molecule has 1 aromatic heterocycles. The molecule has 152 valence electrons. The summed E-state index contributed by atoms with van der Waals surface area (Å²) in [7, 11) is 0. The van der Waals surface area contributed by atoms with Gasteiger partial charge in [0.15, 0.2) is 5.82 Å². The molecule has 0 atom stereocenters. The summed E-state index contributed by atoms with van der Waals surface area (Å²) in [5.74, 6) is 0.693. The summed E-state index contributed by atoms with van der Waals surface area (Å²) in [6.07, 6.45) is 2.55. The first-order chi connectivity index (χ1) is 14.8. The third kappa shape index (κ3) is 3.43. The third-order valence-electron chi connectivity index (χ3n) is 5.70. The van der Waals surface area contributed by atoms with Crippen LogP contribution in [-0.2, 0) is 4.79 Å². The Labute approximate surface area is 176 Å². The second-order valence-corrected chi connectivity index (χ2v) is 7.44. The van der Waals surface area contributed by atoms with Crippen molar-refractivity contribution < 1.29 is 4.79 Å². The number of fused-ring (bicyclic) bond motifs is 1. The Bertz CT molecular complexity index is 951. The molecule has 1 saturated heterocycles. The quantitative estimate of drug-likeness (QED) is 0.665. The van der Waals surface area contributed by atoms with Crippen LogP contribution < -0.4 is 10.4 Å². The number of amides is 1. The summed E-state index contributed by atoms with van der Waals surface area (Å²) in [4.78, 5) is 18.6. The van der Waals surface area contributed by atoms with Gasteiger partial charge in [-0.3, -0.25) is 15.1 Å². The fraction of sp³-hybridized carbons (Fsp3) is 0.217. The molecule has 7 nitrogen and oxygen atoms in total. The Kier molecular flexibility index (Phi) is 5.15. The highest BCUT2D eigenvalue weighted by molar-refractivity contribution is 5.83. The van der Waals surface area contributed by atoms with Gasteiger partial charge in [0.2, 0.25) is 6.41 Å². The van der Waals surface area contributed by atoms with Crippen LogP contribution in [0.3, 0.4) is 0 Å². The Morgan fingerprint density at radius 1 is 0.833 bits per heavy atom. The fourth-order valence-corrected chi connectivity index (χ4v) is 4.27. The first kappa shape index (κ1) is 18.7. The maximum Gasteiger partial charge on any atom is 0.231 e. The van der Waals surface area contributed by atoms with Crippen LogP contribution in [0.5, 0.6) is 0 Å². The van der Waals surface area contributed by atoms with E-state index in [1.54, 1.807) is 16.4 Å². The molecule has 3 aromatic rings. The number of pyridine rings is 1. The number of benzene rings is 2. The SMILES string of the molecule is O=CN1c2cccnc2NN1N1CCN(C(c2ccccc2)c2ccccc2)CC1. The molecule has 0 bridgehead atoms. The summed E-state index contributed by atoms with van der Waals surface area (Å²) in [5.41, 5.74) is 6.59. The summed E-state index contributed by atoms with van der Waals surface area (Å²) in [6, 6.07) is 25.2. The second-order valence-electron chi connectivity index (χ2n) is 7.44. The zero-order valence-corrected chi connectivity index (χ0v) is 16.6. The van der Waals surface area contributed by atoms with Crippen molar-refractivity contribution in [3.63, 3.8) is 0 Å². The van der Waals surface area contributed by atoms with Gasteiger partial charge in [-0.05, 0) is 23.3 Å². The summed E-state index contributed by atoms with van der Waals surface area (Å²) in [5, 5.41) is 5.51. The van der Waals surface area contributed by atoms with E-state index in [0.29, 0.717) is 5.82 Å². The van der Waals surface area contributed by atoms with E-state index in [0.717, 1.165) is 38.3 Å². The number of hydrazine groups is 3. The van der Waals surface area contributed by atoms with Crippen LogP contribution >= 0.6 is 0 Å². The van der Waals surface area contributed by atoms with Gasteiger partial charge in [-0.25, -0.2) is 15.0 Å². The van der Waals surface area contributed by atoms with E-state index in [-0.39, 0.29) is 6.04 Å². The molecule has 2 aliphatic heterocycles. The van der Waals surface area contributed by atoms with Crippen LogP contribution in [0.2, 0.25) is 0 Å². The standard InChI is InChI=1S/C23H24N6O/c30-18-28-21-12-7-13-24-23(21)25-29(28)27-16-14-26(15-17-27)22(19-8-3-1-4-9-19)20-10-5-2-6-11-20/h1-13,18,22H,14-17H2,(H,24,25). The number of nitrogens with zero attached hydrogens (tertiary/aromatic N) is 5. The zero-order valence-electron chi connectivity index (χ0n) is 16.6. The molecular formula is C23H24N6O. The van der Waals surface area contributed by atoms with Crippen molar-refractivity contribution in [2.24, 2.45) is 0 Å². The van der Waals surface area contributed by atoms with Crippen molar-refractivity contribution in [1.82, 2.24) is 20.1 Å². The minimum atomic E-state index is 0.210. The van der Waals surface area contributed by atoms with Crippen molar-refractivity contribution in [1.29, 1.82) is 0 Å². The minimum absolute atomic E-state index is 0.210. The number of aromatic nitrogens is 1. The van der Waals surface area contributed by atoms with E-state index >= 15 is 0 Å². The minimum Gasteiger partial charge on any atom is -0.290 e. The van der Waals surface area contributed by atoms with Crippen LogP contribution in [0.25, 0.3) is 0 Å². The molecule has 0 unspecified atom stereocenters. The van der Waals surface area contributed by atoms with Gasteiger partial charge >= 0.3 is 0 Å². The van der Waals surface area contributed by atoms with E-state index in [1.165, 1.54) is 11.1 Å². The number of anilines is 2. The maximum atomic E-state index is 11.7. The molecule has 3 heterocycles. The first-order valence-electron chi connectivity index (χ1n) is 10.2. The van der Waals surface area contributed by atoms with E-state index in [9.17, 15) is 4.79 Å². The van der Waals surface area contributed by atoms with Gasteiger partial charge in [-0.15, -0.1) is 0 Å². The van der Waals surface area contributed by atoms with Crippen LogP contribution in [-0.4, -0.2) is 52.7 Å². The van der Waals surface area contributed by atoms with Crippen molar-refractivity contribution in [3.8, 4) is 0 Å². The molecular weight excluding hydrogens is 376 g/mol. The normalized spacial score (nSPS) is 17.7. The summed E-state index contributed by atoms with van der Waals surface area (Å²) in [6.45, 7) is 3.34. The van der Waals surface area contributed by atoms with Gasteiger partial charge in [0, 0.05) is 32.4 Å². The van der Waals surface area contributed by atoms with E-state index in [4.69, 9.17) is 0 Å². The van der Waals surface area contributed by atoms with Gasteiger partial charge in [-0.2, -0.15) is 0 Å². The molecule has 0 spiro atoms. The third-order valence-corrected chi connectivity index (χ3v) is 5.70. The van der Waals surface area contributed by atoms with Crippen molar-refractivity contribution in [2.45, 2.75) is 6.04 Å². The van der Waals surface area contributed by atoms with Gasteiger partial charge in [0.05, 0.1) is 6.04 Å². The van der Waals surface area contributed by atoms with Crippen LogP contribution in [0, 0.1) is 0 Å². The molecule has 1 N–H and O–H groups in total. The lowest BCUT2D eigenvalue weighted by atomic mass is 9.96. The lowest BCUT2D eigenvalue weighted by molar-refractivity contribution is -0.116. The number of carbonyl (C=O) groups is 1. The monoisotopic (exact) mass is 400 g/mol. The molecule has 1 amide bonds. The number of carbonyl (C=O) groups excluding carboxylic acids is 1. The maximum absolute atomic E-state index is 11.7. The molecule has 7 heteroatoms. The van der Waals surface area contributed by atoms with Gasteiger partial charge in [-0.1, -0.05) is 65.9 Å². The average Bonchev–Trinajstić information content (AvgIpc) is 3.20. The molecule has 2 aromatic carbocycles. The van der Waals surface area contributed by atoms with Crippen molar-refractivity contribution in [2.75, 3.05) is 36.6 Å². The number of nitrogens with one attached hydrogen (secondary N) is 1. The molecule has 0 saturated carbocycles. The molecule has 30 heavy (non-hydrogen) atoms. The highest BCUT2D eigenvalue weighted by Crippen LogP contribution is 2.33. The molecule has 5 rings (SSSR count). The Morgan fingerprint density at radius 3 is 2.07 bits per heavy atom. The topological polar surface area (TPSA) is 55.0 Å². The molecule has 2 aliphatic rings. The van der Waals surface area contributed by atoms with E-state index in [1.807, 2.05) is 12.1 Å². The van der Waals surface area contributed by atoms with Crippen molar-refractivity contribution >= 4 is 17.9 Å². The highest BCUT2D eigenvalue weighted by atomic mass is 16.2. The van der Waals surface area contributed by atoms with Crippen LogP contribution in [0.1, 0.15) is 17.2 Å². The van der Waals surface area contributed by atoms with E-state index < -0.39 is 0 Å². The number of hydrogen-bond acceptors (Lipinski definition) is 6. The van der Waals surface area contributed by atoms with Crippen molar-refractivity contribution in [3.05, 3.63) is 90.1 Å². The number of rotatable bonds is 5. The predicted octanol–water partition coefficient (Wildman–Crippen LogP) is 2.92. The summed E-state index contributed by atoms with van der Waals surface area (Å²) < 4.78 is 0. The Morgan fingerprint density at radius 2 is 1.47 bits per heavy atom. The fourth-order valence-electron chi connectivity index (χ4n) is 4.27. The van der Waals surface area contributed by atoms with Crippen LogP contribution in [0.15, 0.2) is 79.0 Å². The second kappa shape index (κ2) is 8.23. The van der Waals surface area contributed by atoms with Gasteiger partial charge < -0.3 is 0 Å². The Balaban J connectivity index is 1.34. The predicted molar refractivity (Wildman–Crippen MR) is 116 cm³/mol. The number of hydrogen-bond donors (Lipinski definition) is 1. The van der Waals surface area contributed by atoms with Gasteiger partial charge in [0.25, 0.3) is 0 Å². The zero-order chi connectivity index (χ0) is 20.3. The number of piperazine rings is 1. The smallest absolute Gasteiger partial charge is 0.231 e. The summed E-state index contributed by atoms with van der Waals surface area (Å²) >= 11 is 0. The Hall–Kier alpha value is -3.26. The van der Waals surface area contributed by atoms with Crippen LogP contribution in [0.4, 0.5) is 11.5 Å². The largest absolute Gasteiger partial charge is 0.290 e. The lowest BCUT2D eigenvalue weighted by Gasteiger charge is -2.43. The molecule has 0 aliphatic carbocycles. The lowest BCUT2D eigenvalue weighted by Crippen LogP contribution is -2.59. The first-order valence-corrected chi connectivity index (χ1v) is 10.2. The van der Waals surface area contributed by atoms with Gasteiger partial charge in [0.1, 0.15) is 5.69 Å².